The van der Waals surface area contributed by atoms with Gasteiger partial charge in [0.25, 0.3) is 5.91 Å². The van der Waals surface area contributed by atoms with Gasteiger partial charge in [0.15, 0.2) is 0 Å². The van der Waals surface area contributed by atoms with Crippen LogP contribution in [0.25, 0.3) is 11.3 Å². The first kappa shape index (κ1) is 44.8. The molecule has 0 atom stereocenters. The molecular formula is C51H56N6O7. The normalized spacial score (nSPS) is 12.0. The van der Waals surface area contributed by atoms with Crippen LogP contribution < -0.4 is 25.4 Å². The second-order valence-corrected chi connectivity index (χ2v) is 16.5. The highest BCUT2D eigenvalue weighted by molar-refractivity contribution is 6.03. The summed E-state index contributed by atoms with van der Waals surface area (Å²) in [6, 6.07) is 40.9. The Bertz CT molecular complexity index is 2500. The Morgan fingerprint density at radius 2 is 1.39 bits per heavy atom. The van der Waals surface area contributed by atoms with Gasteiger partial charge in [-0.1, -0.05) is 97.1 Å². The third kappa shape index (κ3) is 12.4. The SMILES string of the molecule is CCOC(=O)Cn1nc(-c2ccccc2)cc1Nc1cc(OCc2ccccc2)cc(OCc2ccccc2)c1C(=O)N1Cc2ccc(NCCCCNC(=O)OC(C)(C)C)cc2C1. The molecule has 1 aromatic heterocycles. The molecular weight excluding hydrogens is 809 g/mol. The minimum atomic E-state index is -0.538. The minimum Gasteiger partial charge on any atom is -0.489 e. The van der Waals surface area contributed by atoms with Crippen LogP contribution in [0, 0.1) is 0 Å². The minimum absolute atomic E-state index is 0.158. The van der Waals surface area contributed by atoms with Crippen molar-refractivity contribution in [1.82, 2.24) is 20.0 Å². The summed E-state index contributed by atoms with van der Waals surface area (Å²) in [6.45, 7) is 9.84. The molecule has 3 N–H and O–H groups in total. The van der Waals surface area contributed by atoms with Crippen molar-refractivity contribution in [2.45, 2.75) is 79.0 Å². The highest BCUT2D eigenvalue weighted by Crippen LogP contribution is 2.39. The molecule has 2 amide bonds. The van der Waals surface area contributed by atoms with Gasteiger partial charge < -0.3 is 39.8 Å². The van der Waals surface area contributed by atoms with E-state index in [1.165, 1.54) is 0 Å². The van der Waals surface area contributed by atoms with Crippen molar-refractivity contribution >= 4 is 35.2 Å². The molecule has 64 heavy (non-hydrogen) atoms. The predicted molar refractivity (Wildman–Crippen MR) is 248 cm³/mol. The van der Waals surface area contributed by atoms with E-state index in [1.54, 1.807) is 23.7 Å². The Morgan fingerprint density at radius 3 is 2.08 bits per heavy atom. The summed E-state index contributed by atoms with van der Waals surface area (Å²) in [5.41, 5.74) is 6.61. The number of fused-ring (bicyclic) bond motifs is 1. The van der Waals surface area contributed by atoms with Crippen molar-refractivity contribution < 1.29 is 33.3 Å². The van der Waals surface area contributed by atoms with Crippen LogP contribution in [0.2, 0.25) is 0 Å². The lowest BCUT2D eigenvalue weighted by Crippen LogP contribution is -2.33. The molecule has 13 heteroatoms. The lowest BCUT2D eigenvalue weighted by atomic mass is 10.1. The zero-order valence-electron chi connectivity index (χ0n) is 36.9. The molecule has 6 aromatic rings. The molecule has 0 saturated carbocycles. The van der Waals surface area contributed by atoms with Crippen LogP contribution in [0.1, 0.15) is 73.1 Å². The standard InChI is InChI=1S/C51H56N6O7/c1-5-61-47(58)33-57-46(30-43(55-57)38-21-13-8-14-22-38)54-44-28-42(62-34-36-17-9-6-10-18-36)29-45(63-35-37-19-11-7-12-20-37)48(44)49(59)56-31-39-23-24-41(27-40(39)32-56)52-25-15-16-26-53-50(60)64-51(2,3)4/h6-14,17-24,27-30,52,54H,5,15-16,25-26,31-35H2,1-4H3,(H,53,60). The summed E-state index contributed by atoms with van der Waals surface area (Å²) >= 11 is 0. The van der Waals surface area contributed by atoms with Gasteiger partial charge in [-0.25, -0.2) is 9.48 Å². The first-order chi connectivity index (χ1) is 31.0. The number of carbonyl (C=O) groups is 3. The number of hydrogen-bond donors (Lipinski definition) is 3. The van der Waals surface area contributed by atoms with E-state index in [9.17, 15) is 9.59 Å². The highest BCUT2D eigenvalue weighted by Gasteiger charge is 2.30. The van der Waals surface area contributed by atoms with Crippen molar-refractivity contribution in [2.24, 2.45) is 0 Å². The second-order valence-electron chi connectivity index (χ2n) is 16.5. The third-order valence-electron chi connectivity index (χ3n) is 10.3. The number of esters is 1. The molecule has 2 heterocycles. The Kier molecular flexibility index (Phi) is 14.8. The number of ether oxygens (including phenoxy) is 4. The smallest absolute Gasteiger partial charge is 0.407 e. The first-order valence-electron chi connectivity index (χ1n) is 21.7. The average Bonchev–Trinajstić information content (AvgIpc) is 3.90. The van der Waals surface area contributed by atoms with E-state index in [2.05, 4.69) is 28.1 Å². The molecule has 0 radical (unpaired) electrons. The molecule has 0 unspecified atom stereocenters. The number of rotatable bonds is 19. The third-order valence-corrected chi connectivity index (χ3v) is 10.3. The molecule has 332 valence electrons. The summed E-state index contributed by atoms with van der Waals surface area (Å²) in [5, 5.41) is 14.6. The van der Waals surface area contributed by atoms with Crippen LogP contribution in [-0.4, -0.2) is 57.9 Å². The van der Waals surface area contributed by atoms with Gasteiger partial charge in [-0.3, -0.25) is 9.59 Å². The highest BCUT2D eigenvalue weighted by atomic mass is 16.6. The summed E-state index contributed by atoms with van der Waals surface area (Å²) in [5.74, 6) is 0.586. The van der Waals surface area contributed by atoms with Gasteiger partial charge >= 0.3 is 12.1 Å². The lowest BCUT2D eigenvalue weighted by Gasteiger charge is -2.23. The Labute approximate surface area is 374 Å². The molecule has 13 nitrogen and oxygen atoms in total. The topological polar surface area (TPSA) is 145 Å². The Morgan fingerprint density at radius 1 is 0.734 bits per heavy atom. The average molecular weight is 865 g/mol. The van der Waals surface area contributed by atoms with E-state index in [-0.39, 0.29) is 32.3 Å². The van der Waals surface area contributed by atoms with Gasteiger partial charge in [-0.2, -0.15) is 5.10 Å². The quantitative estimate of drug-likeness (QED) is 0.0532. The monoisotopic (exact) mass is 864 g/mol. The molecule has 5 aromatic carbocycles. The van der Waals surface area contributed by atoms with Gasteiger partial charge in [0.05, 0.1) is 18.0 Å². The van der Waals surface area contributed by atoms with Crippen LogP contribution in [-0.2, 0) is 47.1 Å². The van der Waals surface area contributed by atoms with Crippen molar-refractivity contribution in [3.05, 3.63) is 155 Å². The van der Waals surface area contributed by atoms with Gasteiger partial charge in [-0.15, -0.1) is 0 Å². The summed E-state index contributed by atoms with van der Waals surface area (Å²) < 4.78 is 25.2. The fourth-order valence-corrected chi connectivity index (χ4v) is 7.23. The molecule has 1 aliphatic rings. The molecule has 0 spiro atoms. The molecule has 0 saturated heterocycles. The number of hydrogen-bond acceptors (Lipinski definition) is 10. The van der Waals surface area contributed by atoms with E-state index >= 15 is 4.79 Å². The van der Waals surface area contributed by atoms with E-state index in [0.29, 0.717) is 60.4 Å². The fraction of sp³-hybridized carbons (Fsp3) is 0.294. The maximum atomic E-state index is 15.1. The van der Waals surface area contributed by atoms with Crippen LogP contribution in [0.4, 0.5) is 22.0 Å². The first-order valence-corrected chi connectivity index (χ1v) is 21.7. The number of anilines is 3. The second kappa shape index (κ2) is 21.2. The molecule has 1 aliphatic heterocycles. The van der Waals surface area contributed by atoms with E-state index in [4.69, 9.17) is 24.0 Å². The summed E-state index contributed by atoms with van der Waals surface area (Å²) in [6.07, 6.45) is 1.22. The number of nitrogens with zero attached hydrogens (tertiary/aromatic N) is 3. The van der Waals surface area contributed by atoms with E-state index in [1.807, 2.05) is 129 Å². The predicted octanol–water partition coefficient (Wildman–Crippen LogP) is 9.89. The van der Waals surface area contributed by atoms with Crippen molar-refractivity contribution in [2.75, 3.05) is 30.3 Å². The van der Waals surface area contributed by atoms with Crippen molar-refractivity contribution in [3.63, 3.8) is 0 Å². The van der Waals surface area contributed by atoms with Crippen LogP contribution >= 0.6 is 0 Å². The van der Waals surface area contributed by atoms with Gasteiger partial charge in [0, 0.05) is 55.6 Å². The van der Waals surface area contributed by atoms with Gasteiger partial charge in [0.2, 0.25) is 0 Å². The summed E-state index contributed by atoms with van der Waals surface area (Å²) in [4.78, 5) is 41.8. The van der Waals surface area contributed by atoms with Gasteiger partial charge in [0.1, 0.15) is 48.2 Å². The summed E-state index contributed by atoms with van der Waals surface area (Å²) in [7, 11) is 0. The lowest BCUT2D eigenvalue weighted by molar-refractivity contribution is -0.144. The molecule has 7 rings (SSSR count). The molecule has 0 fully saturated rings. The number of unbranched alkanes of at least 4 members (excludes halogenated alkanes) is 1. The number of amides is 2. The zero-order chi connectivity index (χ0) is 44.9. The molecule has 0 bridgehead atoms. The number of aromatic nitrogens is 2. The van der Waals surface area contributed by atoms with Crippen molar-refractivity contribution in [1.29, 1.82) is 0 Å². The largest absolute Gasteiger partial charge is 0.489 e. The fourth-order valence-electron chi connectivity index (χ4n) is 7.23. The van der Waals surface area contributed by atoms with E-state index in [0.717, 1.165) is 46.3 Å². The van der Waals surface area contributed by atoms with Crippen LogP contribution in [0.3, 0.4) is 0 Å². The number of carbonyl (C=O) groups excluding carboxylic acids is 3. The van der Waals surface area contributed by atoms with Gasteiger partial charge in [-0.05, 0) is 74.9 Å². The zero-order valence-corrected chi connectivity index (χ0v) is 36.9. The maximum Gasteiger partial charge on any atom is 0.407 e. The number of benzene rings is 5. The van der Waals surface area contributed by atoms with Crippen molar-refractivity contribution in [3.8, 4) is 22.8 Å². The number of alkyl carbamates (subject to hydrolysis) is 1. The van der Waals surface area contributed by atoms with E-state index < -0.39 is 17.7 Å². The molecule has 0 aliphatic carbocycles. The van der Waals surface area contributed by atoms with Crippen LogP contribution in [0.15, 0.2) is 127 Å². The Hall–Kier alpha value is -7.28. The van der Waals surface area contributed by atoms with Crippen LogP contribution in [0.5, 0.6) is 11.5 Å². The Balaban J connectivity index is 1.17. The number of nitrogens with one attached hydrogen (secondary N) is 3. The maximum absolute atomic E-state index is 15.1.